The first-order valence-electron chi connectivity index (χ1n) is 4.60. The molecule has 0 bridgehead atoms. The Bertz CT molecular complexity index is 600. The molecular weight excluding hydrogens is 346 g/mol. The Balaban J connectivity index is 3.10. The zero-order chi connectivity index (χ0) is 13.9. The van der Waals surface area contributed by atoms with Crippen LogP contribution in [0.5, 0.6) is 0 Å². The Labute approximate surface area is 118 Å². The number of benzene rings is 1. The highest BCUT2D eigenvalue weighted by Gasteiger charge is 2.18. The smallest absolute Gasteiger partial charge is 0.335 e. The van der Waals surface area contributed by atoms with Gasteiger partial charge in [0, 0.05) is 16.0 Å². The highest BCUT2D eigenvalue weighted by atomic mass is 79.9. The molecule has 0 aliphatic rings. The second kappa shape index (κ2) is 5.83. The molecule has 0 spiro atoms. The summed E-state index contributed by atoms with van der Waals surface area (Å²) in [5.74, 6) is -1.14. The second-order valence-corrected chi connectivity index (χ2v) is 6.42. The lowest BCUT2D eigenvalue weighted by molar-refractivity contribution is 0.0696. The number of aromatic carboxylic acids is 1. The number of carboxylic acid groups (broad SMARTS) is 1. The monoisotopic (exact) mass is 353 g/mol. The van der Waals surface area contributed by atoms with Crippen molar-refractivity contribution in [3.8, 4) is 0 Å². The molecule has 1 rings (SSSR count). The minimum Gasteiger partial charge on any atom is -0.478 e. The van der Waals surface area contributed by atoms with Gasteiger partial charge in [0.2, 0.25) is 10.0 Å². The van der Waals surface area contributed by atoms with E-state index in [1.165, 1.54) is 18.2 Å². The molecule has 98 valence electrons. The van der Waals surface area contributed by atoms with Gasteiger partial charge in [-0.3, -0.25) is 0 Å². The standard InChI is InChI=1S/C10H9BrClNO4S/c1-6(12)5-13-18(16,17)9-3-2-7(10(14)15)4-8(9)11/h2-4,13H,1,5H2,(H,14,15). The third-order valence-electron chi connectivity index (χ3n) is 1.92. The fourth-order valence-electron chi connectivity index (χ4n) is 1.10. The fraction of sp³-hybridized carbons (Fsp3) is 0.100. The highest BCUT2D eigenvalue weighted by molar-refractivity contribution is 9.10. The summed E-state index contributed by atoms with van der Waals surface area (Å²) >= 11 is 8.49. The van der Waals surface area contributed by atoms with Gasteiger partial charge in [-0.1, -0.05) is 18.2 Å². The van der Waals surface area contributed by atoms with E-state index in [2.05, 4.69) is 27.2 Å². The molecule has 5 nitrogen and oxygen atoms in total. The van der Waals surface area contributed by atoms with Crippen LogP contribution >= 0.6 is 27.5 Å². The normalized spacial score (nSPS) is 11.2. The summed E-state index contributed by atoms with van der Waals surface area (Å²) in [5, 5.41) is 8.91. The number of nitrogens with one attached hydrogen (secondary N) is 1. The molecule has 0 aliphatic heterocycles. The van der Waals surface area contributed by atoms with Crippen molar-refractivity contribution in [3.05, 3.63) is 39.8 Å². The van der Waals surface area contributed by atoms with E-state index in [0.29, 0.717) is 0 Å². The van der Waals surface area contributed by atoms with Gasteiger partial charge in [-0.15, -0.1) is 0 Å². The molecule has 0 saturated carbocycles. The zero-order valence-electron chi connectivity index (χ0n) is 8.98. The molecule has 8 heteroatoms. The third-order valence-corrected chi connectivity index (χ3v) is 4.43. The van der Waals surface area contributed by atoms with Crippen molar-refractivity contribution in [2.24, 2.45) is 0 Å². The number of hydrogen-bond acceptors (Lipinski definition) is 3. The van der Waals surface area contributed by atoms with Crippen molar-refractivity contribution < 1.29 is 18.3 Å². The Morgan fingerprint density at radius 3 is 2.56 bits per heavy atom. The average molecular weight is 355 g/mol. The maximum absolute atomic E-state index is 11.9. The van der Waals surface area contributed by atoms with Crippen LogP contribution in [-0.4, -0.2) is 26.0 Å². The molecule has 1 aromatic carbocycles. The van der Waals surface area contributed by atoms with E-state index in [4.69, 9.17) is 16.7 Å². The van der Waals surface area contributed by atoms with Gasteiger partial charge in [0.15, 0.2) is 0 Å². The number of sulfonamides is 1. The molecule has 0 fully saturated rings. The molecule has 1 aromatic rings. The van der Waals surface area contributed by atoms with Crippen molar-refractivity contribution in [3.63, 3.8) is 0 Å². The molecule has 0 amide bonds. The van der Waals surface area contributed by atoms with Crippen LogP contribution < -0.4 is 4.72 Å². The molecule has 2 N–H and O–H groups in total. The maximum atomic E-state index is 11.9. The van der Waals surface area contributed by atoms with Crippen LogP contribution in [0, 0.1) is 0 Å². The van der Waals surface area contributed by atoms with E-state index in [1.54, 1.807) is 0 Å². The lowest BCUT2D eigenvalue weighted by Crippen LogP contribution is -2.25. The third kappa shape index (κ3) is 3.81. The molecule has 18 heavy (non-hydrogen) atoms. The summed E-state index contributed by atoms with van der Waals surface area (Å²) in [4.78, 5) is 10.6. The van der Waals surface area contributed by atoms with Gasteiger partial charge in [-0.05, 0) is 34.1 Å². The van der Waals surface area contributed by atoms with Gasteiger partial charge in [0.1, 0.15) is 0 Å². The highest BCUT2D eigenvalue weighted by Crippen LogP contribution is 2.23. The average Bonchev–Trinajstić information content (AvgIpc) is 2.26. The van der Waals surface area contributed by atoms with Crippen LogP contribution in [0.2, 0.25) is 0 Å². The second-order valence-electron chi connectivity index (χ2n) is 3.29. The predicted molar refractivity (Wildman–Crippen MR) is 71.3 cm³/mol. The van der Waals surface area contributed by atoms with E-state index < -0.39 is 16.0 Å². The van der Waals surface area contributed by atoms with E-state index in [9.17, 15) is 13.2 Å². The fourth-order valence-corrected chi connectivity index (χ4v) is 3.35. The summed E-state index contributed by atoms with van der Waals surface area (Å²) in [6, 6.07) is 3.62. The van der Waals surface area contributed by atoms with E-state index in [1.807, 2.05) is 0 Å². The van der Waals surface area contributed by atoms with Crippen LogP contribution in [0.15, 0.2) is 39.2 Å². The van der Waals surface area contributed by atoms with E-state index in [0.717, 1.165) is 0 Å². The molecule has 0 saturated heterocycles. The van der Waals surface area contributed by atoms with Crippen LogP contribution in [0.4, 0.5) is 0 Å². The molecule has 0 unspecified atom stereocenters. The van der Waals surface area contributed by atoms with Crippen LogP contribution in [0.1, 0.15) is 10.4 Å². The molecular formula is C10H9BrClNO4S. The summed E-state index contributed by atoms with van der Waals surface area (Å²) in [5.41, 5.74) is -0.0115. The van der Waals surface area contributed by atoms with Gasteiger partial charge in [-0.2, -0.15) is 0 Å². The number of rotatable bonds is 5. The topological polar surface area (TPSA) is 83.5 Å². The van der Waals surface area contributed by atoms with Crippen molar-refractivity contribution in [2.75, 3.05) is 6.54 Å². The zero-order valence-corrected chi connectivity index (χ0v) is 12.1. The minimum absolute atomic E-state index is 0.0115. The molecule has 0 radical (unpaired) electrons. The number of hydrogen-bond donors (Lipinski definition) is 2. The molecule has 0 atom stereocenters. The lowest BCUT2D eigenvalue weighted by Gasteiger charge is -2.08. The van der Waals surface area contributed by atoms with Crippen LogP contribution in [0.25, 0.3) is 0 Å². The number of carbonyl (C=O) groups is 1. The van der Waals surface area contributed by atoms with Crippen LogP contribution in [-0.2, 0) is 10.0 Å². The summed E-state index contributed by atoms with van der Waals surface area (Å²) in [6.45, 7) is 3.26. The summed E-state index contributed by atoms with van der Waals surface area (Å²) in [7, 11) is -3.76. The van der Waals surface area contributed by atoms with E-state index in [-0.39, 0.29) is 26.5 Å². The Morgan fingerprint density at radius 2 is 2.11 bits per heavy atom. The first-order valence-corrected chi connectivity index (χ1v) is 7.25. The predicted octanol–water partition coefficient (Wildman–Crippen LogP) is 2.18. The maximum Gasteiger partial charge on any atom is 0.335 e. The molecule has 0 aromatic heterocycles. The van der Waals surface area contributed by atoms with Crippen molar-refractivity contribution >= 4 is 43.5 Å². The van der Waals surface area contributed by atoms with Crippen LogP contribution in [0.3, 0.4) is 0 Å². The first-order chi connectivity index (χ1) is 8.24. The summed E-state index contributed by atoms with van der Waals surface area (Å²) < 4.78 is 26.1. The molecule has 0 aliphatic carbocycles. The van der Waals surface area contributed by atoms with Gasteiger partial charge < -0.3 is 5.11 Å². The number of halogens is 2. The van der Waals surface area contributed by atoms with E-state index >= 15 is 0 Å². The first kappa shape index (κ1) is 15.2. The van der Waals surface area contributed by atoms with Gasteiger partial charge in [0.05, 0.1) is 10.5 Å². The van der Waals surface area contributed by atoms with Gasteiger partial charge >= 0.3 is 5.97 Å². The lowest BCUT2D eigenvalue weighted by atomic mass is 10.2. The quantitative estimate of drug-likeness (QED) is 0.849. The van der Waals surface area contributed by atoms with Crippen molar-refractivity contribution in [1.29, 1.82) is 0 Å². The number of carboxylic acids is 1. The summed E-state index contributed by atoms with van der Waals surface area (Å²) in [6.07, 6.45) is 0. The van der Waals surface area contributed by atoms with Gasteiger partial charge in [-0.25, -0.2) is 17.9 Å². The van der Waals surface area contributed by atoms with Crippen molar-refractivity contribution in [2.45, 2.75) is 4.90 Å². The van der Waals surface area contributed by atoms with Crippen molar-refractivity contribution in [1.82, 2.24) is 4.72 Å². The SMILES string of the molecule is C=C(Cl)CNS(=O)(=O)c1ccc(C(=O)O)cc1Br. The Morgan fingerprint density at radius 1 is 1.50 bits per heavy atom. The largest absolute Gasteiger partial charge is 0.478 e. The molecule has 0 heterocycles. The Kier molecular flexibility index (Phi) is 4.92. The van der Waals surface area contributed by atoms with Gasteiger partial charge in [0.25, 0.3) is 0 Å². The minimum atomic E-state index is -3.76. The Hall–Kier alpha value is -0.890.